The van der Waals surface area contributed by atoms with E-state index in [4.69, 9.17) is 21.7 Å². The van der Waals surface area contributed by atoms with Crippen LogP contribution in [-0.4, -0.2) is 54.6 Å². The minimum Gasteiger partial charge on any atom is -0.377 e. The van der Waals surface area contributed by atoms with Crippen LogP contribution in [0.2, 0.25) is 5.15 Å². The summed E-state index contributed by atoms with van der Waals surface area (Å²) in [4.78, 5) is 42.5. The third-order valence-electron chi connectivity index (χ3n) is 8.27. The SMILES string of the molecule is CSNC(=O)c1nc(Cl)ccc1NC(C)c1cc(C)cc2c(=O)n(C)c(N3CC4C(C3)C4c3ncn(C(C)C)n3)nc12. The van der Waals surface area contributed by atoms with E-state index in [2.05, 4.69) is 38.8 Å². The molecular formula is C29H34ClN9O2S. The number of aromatic nitrogens is 6. The number of anilines is 2. The van der Waals surface area contributed by atoms with Crippen molar-refractivity contribution in [3.8, 4) is 0 Å². The summed E-state index contributed by atoms with van der Waals surface area (Å²) in [7, 11) is 1.79. The zero-order chi connectivity index (χ0) is 29.9. The zero-order valence-electron chi connectivity index (χ0n) is 24.4. The number of rotatable bonds is 8. The summed E-state index contributed by atoms with van der Waals surface area (Å²) >= 11 is 7.30. The number of amides is 1. The molecule has 1 amide bonds. The summed E-state index contributed by atoms with van der Waals surface area (Å²) in [5.41, 5.74) is 3.10. The van der Waals surface area contributed by atoms with Gasteiger partial charge in [-0.25, -0.2) is 15.0 Å². The fourth-order valence-electron chi connectivity index (χ4n) is 6.09. The smallest absolute Gasteiger partial charge is 0.281 e. The normalized spacial score (nSPS) is 20.2. The van der Waals surface area contributed by atoms with Crippen LogP contribution >= 0.6 is 23.5 Å². The molecule has 2 aliphatic rings. The van der Waals surface area contributed by atoms with E-state index in [9.17, 15) is 9.59 Å². The first-order valence-corrected chi connectivity index (χ1v) is 15.6. The molecule has 220 valence electrons. The molecule has 0 bridgehead atoms. The molecule has 1 aliphatic heterocycles. The summed E-state index contributed by atoms with van der Waals surface area (Å²) in [6.07, 6.45) is 3.58. The van der Waals surface area contributed by atoms with Crippen molar-refractivity contribution in [2.75, 3.05) is 29.6 Å². The summed E-state index contributed by atoms with van der Waals surface area (Å²) in [5.74, 6) is 2.47. The Kier molecular flexibility index (Phi) is 7.38. The number of fused-ring (bicyclic) bond motifs is 2. The van der Waals surface area contributed by atoms with Gasteiger partial charge in [0.15, 0.2) is 11.5 Å². The lowest BCUT2D eigenvalue weighted by Gasteiger charge is -2.24. The van der Waals surface area contributed by atoms with E-state index in [0.29, 0.717) is 40.3 Å². The van der Waals surface area contributed by atoms with Crippen molar-refractivity contribution in [1.82, 2.24) is 34.0 Å². The van der Waals surface area contributed by atoms with Gasteiger partial charge in [-0.3, -0.25) is 23.6 Å². The number of aryl methyl sites for hydroxylation is 1. The van der Waals surface area contributed by atoms with Crippen molar-refractivity contribution < 1.29 is 4.79 Å². The molecule has 4 aromatic rings. The van der Waals surface area contributed by atoms with Gasteiger partial charge in [0.25, 0.3) is 11.5 Å². The second-order valence-electron chi connectivity index (χ2n) is 11.5. The zero-order valence-corrected chi connectivity index (χ0v) is 26.0. The number of hydrogen-bond acceptors (Lipinski definition) is 9. The van der Waals surface area contributed by atoms with Crippen LogP contribution in [0.3, 0.4) is 0 Å². The van der Waals surface area contributed by atoms with Crippen LogP contribution in [0.5, 0.6) is 0 Å². The Morgan fingerprint density at radius 2 is 1.88 bits per heavy atom. The van der Waals surface area contributed by atoms with Crippen molar-refractivity contribution in [1.29, 1.82) is 0 Å². The molecule has 4 heterocycles. The number of nitrogens with zero attached hydrogens (tertiary/aromatic N) is 7. The number of benzene rings is 1. The van der Waals surface area contributed by atoms with Crippen molar-refractivity contribution in [2.24, 2.45) is 18.9 Å². The topological polar surface area (TPSA) is 123 Å². The lowest BCUT2D eigenvalue weighted by molar-refractivity contribution is 0.0980. The Hall–Kier alpha value is -3.64. The fourth-order valence-corrected chi connectivity index (χ4v) is 6.52. The molecular weight excluding hydrogens is 574 g/mol. The number of hydrogen-bond donors (Lipinski definition) is 2. The van der Waals surface area contributed by atoms with Crippen LogP contribution < -0.4 is 20.5 Å². The first-order chi connectivity index (χ1) is 20.1. The molecule has 1 saturated carbocycles. The summed E-state index contributed by atoms with van der Waals surface area (Å²) in [6.45, 7) is 9.75. The molecule has 42 heavy (non-hydrogen) atoms. The van der Waals surface area contributed by atoms with E-state index in [0.717, 1.165) is 30.0 Å². The van der Waals surface area contributed by atoms with E-state index in [-0.39, 0.29) is 34.4 Å². The second kappa shape index (κ2) is 10.9. The van der Waals surface area contributed by atoms with Crippen molar-refractivity contribution in [3.05, 3.63) is 68.7 Å². The predicted molar refractivity (Wildman–Crippen MR) is 166 cm³/mol. The summed E-state index contributed by atoms with van der Waals surface area (Å²) < 4.78 is 6.27. The van der Waals surface area contributed by atoms with Gasteiger partial charge in [0.2, 0.25) is 5.95 Å². The molecule has 6 rings (SSSR count). The highest BCUT2D eigenvalue weighted by Gasteiger charge is 2.58. The van der Waals surface area contributed by atoms with Crippen LogP contribution in [0.1, 0.15) is 66.2 Å². The lowest BCUT2D eigenvalue weighted by Crippen LogP contribution is -2.32. The largest absolute Gasteiger partial charge is 0.377 e. The van der Waals surface area contributed by atoms with E-state index in [1.54, 1.807) is 30.0 Å². The average molecular weight is 608 g/mol. The number of nitrogens with one attached hydrogen (secondary N) is 2. The lowest BCUT2D eigenvalue weighted by atomic mass is 10.0. The molecule has 2 N–H and O–H groups in total. The molecule has 0 spiro atoms. The summed E-state index contributed by atoms with van der Waals surface area (Å²) in [5, 5.41) is 8.90. The number of carbonyl (C=O) groups is 1. The van der Waals surface area contributed by atoms with Crippen LogP contribution in [0.4, 0.5) is 11.6 Å². The first-order valence-electron chi connectivity index (χ1n) is 14.0. The minimum absolute atomic E-state index is 0.0881. The Morgan fingerprint density at radius 1 is 1.14 bits per heavy atom. The maximum atomic E-state index is 13.7. The maximum Gasteiger partial charge on any atom is 0.281 e. The summed E-state index contributed by atoms with van der Waals surface area (Å²) in [6, 6.07) is 7.30. The molecule has 1 aliphatic carbocycles. The Labute approximate surface area is 253 Å². The monoisotopic (exact) mass is 607 g/mol. The Balaban J connectivity index is 1.31. The van der Waals surface area contributed by atoms with Crippen LogP contribution in [0.15, 0.2) is 35.4 Å². The van der Waals surface area contributed by atoms with Gasteiger partial charge in [0.1, 0.15) is 11.5 Å². The van der Waals surface area contributed by atoms with Crippen molar-refractivity contribution in [2.45, 2.75) is 45.7 Å². The van der Waals surface area contributed by atoms with Crippen molar-refractivity contribution >= 4 is 52.0 Å². The van der Waals surface area contributed by atoms with Crippen LogP contribution in [0.25, 0.3) is 10.9 Å². The number of halogens is 1. The molecule has 11 nitrogen and oxygen atoms in total. The van der Waals surface area contributed by atoms with Crippen LogP contribution in [0, 0.1) is 18.8 Å². The van der Waals surface area contributed by atoms with Gasteiger partial charge < -0.3 is 10.2 Å². The second-order valence-corrected chi connectivity index (χ2v) is 12.5. The highest BCUT2D eigenvalue weighted by molar-refractivity contribution is 7.97. The third-order valence-corrected chi connectivity index (χ3v) is 8.87. The standard InChI is InChI=1S/C29H34ClN9O2S/c1-14(2)39-13-31-26(35-39)23-19-11-38(12-20(19)23)29-34-24-17(9-15(3)10-18(24)28(41)37(29)5)16(4)32-21-7-8-22(30)33-25(21)27(40)36-42-6/h7-10,13-14,16,19-20,23,32H,11-12H2,1-6H3,(H,36,40). The van der Waals surface area contributed by atoms with Gasteiger partial charge in [0, 0.05) is 43.9 Å². The Morgan fingerprint density at radius 3 is 2.55 bits per heavy atom. The van der Waals surface area contributed by atoms with Crippen LogP contribution in [-0.2, 0) is 7.05 Å². The predicted octanol–water partition coefficient (Wildman–Crippen LogP) is 4.49. The molecule has 2 fully saturated rings. The van der Waals surface area contributed by atoms with E-state index in [1.807, 2.05) is 37.0 Å². The first kappa shape index (κ1) is 28.5. The highest BCUT2D eigenvalue weighted by atomic mass is 35.5. The van der Waals surface area contributed by atoms with Gasteiger partial charge in [0.05, 0.1) is 22.6 Å². The molecule has 1 aromatic carbocycles. The van der Waals surface area contributed by atoms with E-state index < -0.39 is 0 Å². The number of piperidine rings is 1. The van der Waals surface area contributed by atoms with Gasteiger partial charge in [-0.2, -0.15) is 5.10 Å². The van der Waals surface area contributed by atoms with Crippen molar-refractivity contribution in [3.63, 3.8) is 0 Å². The van der Waals surface area contributed by atoms with Gasteiger partial charge in [-0.05, 0) is 63.3 Å². The van der Waals surface area contributed by atoms with Gasteiger partial charge in [-0.1, -0.05) is 29.6 Å². The third kappa shape index (κ3) is 5.00. The molecule has 3 atom stereocenters. The molecule has 3 unspecified atom stereocenters. The molecule has 13 heteroatoms. The number of carbonyl (C=O) groups excluding carboxylic acids is 1. The van der Waals surface area contributed by atoms with E-state index in [1.165, 1.54) is 11.9 Å². The Bertz CT molecular complexity index is 1740. The highest BCUT2D eigenvalue weighted by Crippen LogP contribution is 2.57. The average Bonchev–Trinajstić information content (AvgIpc) is 3.29. The molecule has 3 aromatic heterocycles. The fraction of sp³-hybridized carbons (Fsp3) is 0.448. The van der Waals surface area contributed by atoms with E-state index >= 15 is 0 Å². The van der Waals surface area contributed by atoms with Gasteiger partial charge in [-0.15, -0.1) is 0 Å². The van der Waals surface area contributed by atoms with Gasteiger partial charge >= 0.3 is 0 Å². The maximum absolute atomic E-state index is 13.7. The molecule has 0 radical (unpaired) electrons. The quantitative estimate of drug-likeness (QED) is 0.220. The minimum atomic E-state index is -0.347. The number of pyridine rings is 1. The molecule has 1 saturated heterocycles.